The number of morpholine rings is 1. The number of hydrogen-bond acceptors (Lipinski definition) is 7. The number of rotatable bonds is 5. The van der Waals surface area contributed by atoms with Gasteiger partial charge in [0.25, 0.3) is 0 Å². The van der Waals surface area contributed by atoms with Gasteiger partial charge in [-0.3, -0.25) is 9.69 Å². The van der Waals surface area contributed by atoms with Crippen LogP contribution in [0.25, 0.3) is 0 Å². The Morgan fingerprint density at radius 1 is 1.46 bits per heavy atom. The Morgan fingerprint density at radius 3 is 2.96 bits per heavy atom. The number of likely N-dealkylation sites (N-methyl/N-ethyl adjacent to an activating group) is 1. The molecule has 0 saturated carbocycles. The molecule has 1 aromatic heterocycles. The molecule has 2 aliphatic rings. The van der Waals surface area contributed by atoms with Crippen LogP contribution in [0.1, 0.15) is 44.0 Å². The summed E-state index contributed by atoms with van der Waals surface area (Å²) in [6, 6.07) is 0.215. The third-order valence-corrected chi connectivity index (χ3v) is 5.74. The SMILES string of the molecule is CC(C)c1nnc([C@@H]2COCCN2C(=O)CN(C)[C@@H]2CCSC2)o1. The van der Waals surface area contributed by atoms with Crippen molar-refractivity contribution in [2.45, 2.75) is 38.3 Å². The lowest BCUT2D eigenvalue weighted by Gasteiger charge is -2.35. The number of amides is 1. The summed E-state index contributed by atoms with van der Waals surface area (Å²) < 4.78 is 11.3. The van der Waals surface area contributed by atoms with Crippen LogP contribution >= 0.6 is 11.8 Å². The Hall–Kier alpha value is -1.12. The zero-order chi connectivity index (χ0) is 17.1. The molecule has 0 aliphatic carbocycles. The van der Waals surface area contributed by atoms with Crippen molar-refractivity contribution in [1.29, 1.82) is 0 Å². The van der Waals surface area contributed by atoms with E-state index in [1.165, 1.54) is 5.75 Å². The van der Waals surface area contributed by atoms with Crippen LogP contribution in [0.3, 0.4) is 0 Å². The highest BCUT2D eigenvalue weighted by atomic mass is 32.2. The van der Waals surface area contributed by atoms with Crippen LogP contribution in [0.4, 0.5) is 0 Å². The van der Waals surface area contributed by atoms with E-state index in [4.69, 9.17) is 9.15 Å². The lowest BCUT2D eigenvalue weighted by molar-refractivity contribution is -0.142. The Bertz CT molecular complexity index is 559. The van der Waals surface area contributed by atoms with Gasteiger partial charge in [0, 0.05) is 24.3 Å². The minimum Gasteiger partial charge on any atom is -0.423 e. The van der Waals surface area contributed by atoms with E-state index in [1.807, 2.05) is 37.6 Å². The van der Waals surface area contributed by atoms with Crippen LogP contribution in [-0.2, 0) is 9.53 Å². The lowest BCUT2D eigenvalue weighted by Crippen LogP contribution is -2.48. The van der Waals surface area contributed by atoms with E-state index in [9.17, 15) is 4.79 Å². The first kappa shape index (κ1) is 17.7. The fourth-order valence-corrected chi connectivity index (χ4v) is 4.32. The highest BCUT2D eigenvalue weighted by Gasteiger charge is 2.34. The highest BCUT2D eigenvalue weighted by molar-refractivity contribution is 7.99. The highest BCUT2D eigenvalue weighted by Crippen LogP contribution is 2.26. The quantitative estimate of drug-likeness (QED) is 0.794. The average molecular weight is 354 g/mol. The van der Waals surface area contributed by atoms with Crippen LogP contribution in [-0.4, -0.2) is 76.8 Å². The van der Waals surface area contributed by atoms with E-state index >= 15 is 0 Å². The molecule has 24 heavy (non-hydrogen) atoms. The number of hydrogen-bond donors (Lipinski definition) is 0. The molecule has 1 aromatic rings. The Morgan fingerprint density at radius 2 is 2.29 bits per heavy atom. The van der Waals surface area contributed by atoms with Crippen molar-refractivity contribution in [2.75, 3.05) is 44.9 Å². The minimum absolute atomic E-state index is 0.104. The zero-order valence-electron chi connectivity index (χ0n) is 14.6. The normalized spacial score (nSPS) is 25.0. The predicted octanol–water partition coefficient (Wildman–Crippen LogP) is 1.53. The number of thioether (sulfide) groups is 1. The molecule has 3 rings (SSSR count). The summed E-state index contributed by atoms with van der Waals surface area (Å²) >= 11 is 1.96. The first-order chi connectivity index (χ1) is 11.6. The second-order valence-electron chi connectivity index (χ2n) is 6.74. The van der Waals surface area contributed by atoms with Crippen LogP contribution in [0, 0.1) is 0 Å². The van der Waals surface area contributed by atoms with Gasteiger partial charge in [0.05, 0.1) is 19.8 Å². The van der Waals surface area contributed by atoms with Crippen LogP contribution < -0.4 is 0 Å². The molecule has 0 unspecified atom stereocenters. The standard InChI is InChI=1S/C16H26N4O3S/c1-11(2)15-17-18-16(23-15)13-9-22-6-5-20(13)14(21)8-19(3)12-4-7-24-10-12/h11-13H,4-10H2,1-3H3/t12-,13+/m1/s1. The average Bonchev–Trinajstić information content (AvgIpc) is 3.26. The van der Waals surface area contributed by atoms with E-state index in [2.05, 4.69) is 15.1 Å². The van der Waals surface area contributed by atoms with Crippen molar-refractivity contribution in [3.05, 3.63) is 11.8 Å². The number of ether oxygens (including phenoxy) is 1. The molecule has 0 aromatic carbocycles. The topological polar surface area (TPSA) is 71.7 Å². The molecule has 134 valence electrons. The molecule has 8 heteroatoms. The second-order valence-corrected chi connectivity index (χ2v) is 7.89. The van der Waals surface area contributed by atoms with E-state index in [1.54, 1.807) is 0 Å². The lowest BCUT2D eigenvalue weighted by atomic mass is 10.2. The molecular weight excluding hydrogens is 328 g/mol. The predicted molar refractivity (Wildman–Crippen MR) is 92.0 cm³/mol. The minimum atomic E-state index is -0.280. The van der Waals surface area contributed by atoms with Gasteiger partial charge >= 0.3 is 0 Å². The molecule has 2 saturated heterocycles. The maximum Gasteiger partial charge on any atom is 0.241 e. The molecule has 0 N–H and O–H groups in total. The molecule has 2 aliphatic heterocycles. The maximum atomic E-state index is 12.8. The molecule has 7 nitrogen and oxygen atoms in total. The molecule has 1 amide bonds. The molecule has 0 bridgehead atoms. The number of nitrogens with zero attached hydrogens (tertiary/aromatic N) is 4. The van der Waals surface area contributed by atoms with Crippen LogP contribution in [0.15, 0.2) is 4.42 Å². The van der Waals surface area contributed by atoms with Crippen molar-refractivity contribution in [3.8, 4) is 0 Å². The van der Waals surface area contributed by atoms with Gasteiger partial charge in [0.1, 0.15) is 6.04 Å². The summed E-state index contributed by atoms with van der Waals surface area (Å²) in [5.41, 5.74) is 0. The van der Waals surface area contributed by atoms with Gasteiger partial charge in [-0.1, -0.05) is 13.8 Å². The number of aromatic nitrogens is 2. The van der Waals surface area contributed by atoms with Gasteiger partial charge < -0.3 is 14.1 Å². The molecule has 0 radical (unpaired) electrons. The fourth-order valence-electron chi connectivity index (χ4n) is 3.02. The molecule has 3 heterocycles. The van der Waals surface area contributed by atoms with Crippen molar-refractivity contribution >= 4 is 17.7 Å². The van der Waals surface area contributed by atoms with Crippen molar-refractivity contribution < 1.29 is 13.9 Å². The second kappa shape index (κ2) is 7.84. The summed E-state index contributed by atoms with van der Waals surface area (Å²) in [6.45, 7) is 5.96. The largest absolute Gasteiger partial charge is 0.423 e. The van der Waals surface area contributed by atoms with Crippen molar-refractivity contribution in [1.82, 2.24) is 20.0 Å². The molecule has 0 spiro atoms. The van der Waals surface area contributed by atoms with Crippen LogP contribution in [0.5, 0.6) is 0 Å². The Kier molecular flexibility index (Phi) is 5.78. The van der Waals surface area contributed by atoms with Crippen molar-refractivity contribution in [3.63, 3.8) is 0 Å². The summed E-state index contributed by atoms with van der Waals surface area (Å²) in [7, 11) is 2.04. The first-order valence-corrected chi connectivity index (χ1v) is 9.70. The summed E-state index contributed by atoms with van der Waals surface area (Å²) in [5.74, 6) is 3.65. The summed E-state index contributed by atoms with van der Waals surface area (Å²) in [6.07, 6.45) is 1.16. The molecule has 2 atom stereocenters. The van der Waals surface area contributed by atoms with Gasteiger partial charge in [-0.2, -0.15) is 11.8 Å². The Balaban J connectivity index is 1.67. The molecule has 2 fully saturated rings. The Labute approximate surface area is 147 Å². The zero-order valence-corrected chi connectivity index (χ0v) is 15.4. The smallest absolute Gasteiger partial charge is 0.241 e. The molecular formula is C16H26N4O3S. The van der Waals surface area contributed by atoms with Gasteiger partial charge in [-0.05, 0) is 19.2 Å². The fraction of sp³-hybridized carbons (Fsp3) is 0.812. The number of carbonyl (C=O) groups is 1. The van der Waals surface area contributed by atoms with Crippen LogP contribution in [0.2, 0.25) is 0 Å². The number of carbonyl (C=O) groups excluding carboxylic acids is 1. The van der Waals surface area contributed by atoms with Gasteiger partial charge in [0.2, 0.25) is 17.7 Å². The summed E-state index contributed by atoms with van der Waals surface area (Å²) in [5, 5.41) is 8.23. The summed E-state index contributed by atoms with van der Waals surface area (Å²) in [4.78, 5) is 16.8. The van der Waals surface area contributed by atoms with E-state index in [0.717, 1.165) is 12.2 Å². The third-order valence-electron chi connectivity index (χ3n) is 4.60. The first-order valence-electron chi connectivity index (χ1n) is 8.54. The third kappa shape index (κ3) is 3.92. The van der Waals surface area contributed by atoms with Gasteiger partial charge in [-0.15, -0.1) is 10.2 Å². The van der Waals surface area contributed by atoms with E-state index in [0.29, 0.717) is 44.1 Å². The van der Waals surface area contributed by atoms with Crippen molar-refractivity contribution in [2.24, 2.45) is 0 Å². The monoisotopic (exact) mass is 354 g/mol. The van der Waals surface area contributed by atoms with Gasteiger partial charge in [0.15, 0.2) is 0 Å². The van der Waals surface area contributed by atoms with Gasteiger partial charge in [-0.25, -0.2) is 0 Å². The van der Waals surface area contributed by atoms with E-state index in [-0.39, 0.29) is 17.9 Å². The maximum absolute atomic E-state index is 12.8. The van der Waals surface area contributed by atoms with E-state index < -0.39 is 0 Å².